The molecule has 2 aromatic heterocycles. The fraction of sp³-hybridized carbons (Fsp3) is 0.371. The molecule has 1 aliphatic carbocycles. The Morgan fingerprint density at radius 3 is 1.44 bits per heavy atom. The molecule has 8 heteroatoms. The molecule has 1 saturated carbocycles. The van der Waals surface area contributed by atoms with Crippen LogP contribution in [0.25, 0.3) is 0 Å². The maximum absolute atomic E-state index is 12.7. The van der Waals surface area contributed by atoms with Crippen molar-refractivity contribution in [1.29, 1.82) is 0 Å². The first-order valence-corrected chi connectivity index (χ1v) is 14.9. The largest absolute Gasteiger partial charge is 0.496 e. The van der Waals surface area contributed by atoms with Crippen molar-refractivity contribution in [2.24, 2.45) is 0 Å². The Morgan fingerprint density at radius 1 is 0.605 bits per heavy atom. The van der Waals surface area contributed by atoms with Gasteiger partial charge in [-0.2, -0.15) is 20.4 Å². The van der Waals surface area contributed by atoms with Crippen LogP contribution in [0.3, 0.4) is 0 Å². The number of Topliss-reactive ketones (excluding diaryl/α,β-unsaturated/α-hetero) is 2. The molecule has 2 atom stereocenters. The number of carbonyl (C=O) groups is 2. The summed E-state index contributed by atoms with van der Waals surface area (Å²) in [6.07, 6.45) is 6.31. The van der Waals surface area contributed by atoms with Crippen molar-refractivity contribution < 1.29 is 19.1 Å². The van der Waals surface area contributed by atoms with Crippen LogP contribution in [-0.2, 0) is 35.3 Å². The first kappa shape index (κ1) is 30.0. The predicted molar refractivity (Wildman–Crippen MR) is 163 cm³/mol. The van der Waals surface area contributed by atoms with Crippen LogP contribution in [0.4, 0.5) is 0 Å². The van der Waals surface area contributed by atoms with E-state index in [4.69, 9.17) is 9.47 Å². The third-order valence-corrected chi connectivity index (χ3v) is 8.16. The third kappa shape index (κ3) is 8.09. The number of methoxy groups -OCH3 is 2. The van der Waals surface area contributed by atoms with Gasteiger partial charge in [0.15, 0.2) is 0 Å². The lowest BCUT2D eigenvalue weighted by Gasteiger charge is -2.19. The second-order valence-corrected chi connectivity index (χ2v) is 11.2. The Balaban J connectivity index is 1.17. The van der Waals surface area contributed by atoms with E-state index >= 15 is 0 Å². The molecule has 1 fully saturated rings. The van der Waals surface area contributed by atoms with E-state index in [1.54, 1.807) is 14.2 Å². The van der Waals surface area contributed by atoms with E-state index in [0.29, 0.717) is 24.2 Å². The van der Waals surface area contributed by atoms with Gasteiger partial charge in [-0.1, -0.05) is 49.2 Å². The molecule has 0 bridgehead atoms. The Morgan fingerprint density at radius 2 is 1.05 bits per heavy atom. The summed E-state index contributed by atoms with van der Waals surface area (Å²) in [6.45, 7) is 0. The van der Waals surface area contributed by atoms with Gasteiger partial charge in [0.05, 0.1) is 49.8 Å². The molecule has 8 nitrogen and oxygen atoms in total. The zero-order valence-corrected chi connectivity index (χ0v) is 24.9. The highest BCUT2D eigenvalue weighted by Gasteiger charge is 2.25. The summed E-state index contributed by atoms with van der Waals surface area (Å²) in [5.41, 5.74) is 5.02. The lowest BCUT2D eigenvalue weighted by molar-refractivity contribution is -0.118. The van der Waals surface area contributed by atoms with Crippen LogP contribution in [-0.4, -0.2) is 46.2 Å². The Kier molecular flexibility index (Phi) is 10.2. The normalized spacial score (nSPS) is 16.7. The van der Waals surface area contributed by atoms with E-state index < -0.39 is 0 Å². The van der Waals surface area contributed by atoms with Gasteiger partial charge in [-0.25, -0.2) is 0 Å². The molecule has 4 aromatic rings. The van der Waals surface area contributed by atoms with Crippen molar-refractivity contribution >= 4 is 11.6 Å². The van der Waals surface area contributed by atoms with Crippen LogP contribution in [0.2, 0.25) is 0 Å². The number of hydrogen-bond acceptors (Lipinski definition) is 8. The van der Waals surface area contributed by atoms with Gasteiger partial charge in [-0.3, -0.25) is 9.59 Å². The molecule has 0 saturated heterocycles. The average Bonchev–Trinajstić information content (AvgIpc) is 3.29. The van der Waals surface area contributed by atoms with Gasteiger partial charge >= 0.3 is 0 Å². The molecule has 0 N–H and O–H groups in total. The lowest BCUT2D eigenvalue weighted by Crippen LogP contribution is -2.12. The van der Waals surface area contributed by atoms with Crippen molar-refractivity contribution in [3.05, 3.63) is 107 Å². The molecule has 5 rings (SSSR count). The number of hydrogen-bond donors (Lipinski definition) is 0. The van der Waals surface area contributed by atoms with Gasteiger partial charge in [-0.15, -0.1) is 0 Å². The van der Waals surface area contributed by atoms with Crippen LogP contribution >= 0.6 is 0 Å². The number of rotatable bonds is 12. The van der Waals surface area contributed by atoms with E-state index in [0.717, 1.165) is 66.1 Å². The number of nitrogens with zero attached hydrogens (tertiary/aromatic N) is 4. The van der Waals surface area contributed by atoms with Crippen molar-refractivity contribution in [3.63, 3.8) is 0 Å². The fourth-order valence-corrected chi connectivity index (χ4v) is 5.91. The van der Waals surface area contributed by atoms with Gasteiger partial charge < -0.3 is 9.47 Å². The van der Waals surface area contributed by atoms with Crippen LogP contribution in [0.5, 0.6) is 11.5 Å². The minimum atomic E-state index is 0.0737. The molecule has 0 radical (unpaired) electrons. The summed E-state index contributed by atoms with van der Waals surface area (Å²) < 4.78 is 10.7. The number of benzene rings is 2. The van der Waals surface area contributed by atoms with E-state index in [1.807, 2.05) is 72.8 Å². The Labute approximate surface area is 252 Å². The monoisotopic (exact) mass is 578 g/mol. The molecule has 2 heterocycles. The highest BCUT2D eigenvalue weighted by Crippen LogP contribution is 2.38. The summed E-state index contributed by atoms with van der Waals surface area (Å²) in [4.78, 5) is 25.4. The molecule has 2 aromatic carbocycles. The van der Waals surface area contributed by atoms with E-state index in [-0.39, 0.29) is 36.2 Å². The number of para-hydroxylation sites is 2. The van der Waals surface area contributed by atoms with Crippen molar-refractivity contribution in [2.45, 2.75) is 69.6 Å². The lowest BCUT2D eigenvalue weighted by atomic mass is 9.88. The average molecular weight is 579 g/mol. The number of ketones is 2. The fourth-order valence-electron chi connectivity index (χ4n) is 5.91. The molecule has 0 aliphatic heterocycles. The maximum Gasteiger partial charge on any atom is 0.143 e. The molecular formula is C35H38N4O4. The van der Waals surface area contributed by atoms with Crippen LogP contribution in [0.1, 0.15) is 77.8 Å². The zero-order chi connectivity index (χ0) is 30.0. The van der Waals surface area contributed by atoms with Gasteiger partial charge in [0.1, 0.15) is 23.1 Å². The first-order valence-electron chi connectivity index (χ1n) is 14.9. The van der Waals surface area contributed by atoms with Gasteiger partial charge in [0.25, 0.3) is 0 Å². The van der Waals surface area contributed by atoms with Gasteiger partial charge in [-0.05, 0) is 55.7 Å². The maximum atomic E-state index is 12.7. The summed E-state index contributed by atoms with van der Waals surface area (Å²) in [6, 6.07) is 23.1. The molecule has 0 amide bonds. The number of aromatic nitrogens is 4. The topological polar surface area (TPSA) is 104 Å². The second-order valence-electron chi connectivity index (χ2n) is 11.2. The minimum absolute atomic E-state index is 0.0737. The first-order chi connectivity index (χ1) is 21.0. The SMILES string of the molecule is COc1ccccc1CC(=O)Cc1ccc(C2CCCCC(c3ccc(CC(=O)Cc4ccccc4OC)nn3)C2)nn1. The number of carbonyl (C=O) groups excluding carboxylic acids is 2. The van der Waals surface area contributed by atoms with Crippen molar-refractivity contribution in [1.82, 2.24) is 20.4 Å². The van der Waals surface area contributed by atoms with E-state index in [2.05, 4.69) is 20.4 Å². The Hall–Kier alpha value is -4.46. The summed E-state index contributed by atoms with van der Waals surface area (Å²) in [5, 5.41) is 17.9. The summed E-state index contributed by atoms with van der Waals surface area (Å²) in [7, 11) is 3.23. The predicted octanol–water partition coefficient (Wildman–Crippen LogP) is 5.82. The minimum Gasteiger partial charge on any atom is -0.496 e. The van der Waals surface area contributed by atoms with Crippen molar-refractivity contribution in [3.8, 4) is 11.5 Å². The highest BCUT2D eigenvalue weighted by molar-refractivity contribution is 5.83. The van der Waals surface area contributed by atoms with Gasteiger partial charge in [0, 0.05) is 35.8 Å². The smallest absolute Gasteiger partial charge is 0.143 e. The summed E-state index contributed by atoms with van der Waals surface area (Å²) >= 11 is 0. The zero-order valence-electron chi connectivity index (χ0n) is 24.9. The quantitative estimate of drug-likeness (QED) is 0.194. The molecule has 1 aliphatic rings. The number of ether oxygens (including phenoxy) is 2. The summed E-state index contributed by atoms with van der Waals surface area (Å²) in [5.74, 6) is 2.12. The van der Waals surface area contributed by atoms with Crippen LogP contribution in [0.15, 0.2) is 72.8 Å². The Bertz CT molecular complexity index is 1410. The highest BCUT2D eigenvalue weighted by atomic mass is 16.5. The van der Waals surface area contributed by atoms with Crippen LogP contribution < -0.4 is 9.47 Å². The molecule has 43 heavy (non-hydrogen) atoms. The molecule has 2 unspecified atom stereocenters. The standard InChI is InChI=1S/C35H38N4O4/c1-42-34-13-7-5-11-26(34)20-30(40)22-28-15-17-32(38-36-28)24-9-3-4-10-25(19-24)33-18-16-29(37-39-33)23-31(41)21-27-12-6-8-14-35(27)43-2/h5-8,11-18,24-25H,3-4,9-10,19-23H2,1-2H3. The molecule has 222 valence electrons. The van der Waals surface area contributed by atoms with Crippen LogP contribution in [0, 0.1) is 0 Å². The van der Waals surface area contributed by atoms with Crippen molar-refractivity contribution in [2.75, 3.05) is 14.2 Å². The molecule has 0 spiro atoms. The third-order valence-electron chi connectivity index (χ3n) is 8.16. The van der Waals surface area contributed by atoms with E-state index in [1.165, 1.54) is 0 Å². The van der Waals surface area contributed by atoms with Gasteiger partial charge in [0.2, 0.25) is 0 Å². The molecular weight excluding hydrogens is 540 g/mol. The second kappa shape index (κ2) is 14.6. The van der Waals surface area contributed by atoms with E-state index in [9.17, 15) is 9.59 Å².